The first-order valence-corrected chi connectivity index (χ1v) is 10.2. The molecule has 2 aromatic rings. The first-order valence-electron chi connectivity index (χ1n) is 10.2. The molecule has 0 radical (unpaired) electrons. The highest BCUT2D eigenvalue weighted by Gasteiger charge is 1.99. The lowest BCUT2D eigenvalue weighted by molar-refractivity contribution is -0.697. The number of aromatic nitrogens is 2. The third-order valence-electron chi connectivity index (χ3n) is 4.91. The minimum atomic E-state index is 1.17. The number of pyridine rings is 2. The van der Waals surface area contributed by atoms with Crippen LogP contribution in [0, 0.1) is 0 Å². The van der Waals surface area contributed by atoms with Crippen LogP contribution in [0.5, 0.6) is 0 Å². The lowest BCUT2D eigenvalue weighted by Crippen LogP contribution is -2.32. The van der Waals surface area contributed by atoms with Gasteiger partial charge in [-0.3, -0.25) is 0 Å². The Hall–Kier alpha value is -1.70. The Morgan fingerprint density at radius 2 is 1.24 bits per heavy atom. The lowest BCUT2D eigenvalue weighted by Gasteiger charge is -2.03. The highest BCUT2D eigenvalue weighted by molar-refractivity contribution is 5.05. The van der Waals surface area contributed by atoms with E-state index in [4.69, 9.17) is 0 Å². The van der Waals surface area contributed by atoms with Crippen molar-refractivity contribution >= 4 is 0 Å². The van der Waals surface area contributed by atoms with Crippen molar-refractivity contribution in [1.29, 1.82) is 0 Å². The minimum absolute atomic E-state index is 1.17. The van der Waals surface area contributed by atoms with Gasteiger partial charge in [-0.2, -0.15) is 0 Å². The van der Waals surface area contributed by atoms with Gasteiger partial charge in [-0.15, -0.1) is 0 Å². The van der Waals surface area contributed by atoms with E-state index in [0.717, 1.165) is 0 Å². The molecule has 0 aliphatic heterocycles. The second-order valence-electron chi connectivity index (χ2n) is 7.28. The number of aryl methyl sites for hydroxylation is 3. The van der Waals surface area contributed by atoms with Crippen molar-refractivity contribution in [2.45, 2.75) is 77.2 Å². The summed E-state index contributed by atoms with van der Waals surface area (Å²) in [6, 6.07) is 10.7. The molecule has 2 aromatic heterocycles. The summed E-state index contributed by atoms with van der Waals surface area (Å²) in [6.07, 6.45) is 23.8. The molecule has 2 nitrogen and oxygen atoms in total. The third kappa shape index (κ3) is 9.38. The Morgan fingerprint density at radius 1 is 0.640 bits per heavy atom. The van der Waals surface area contributed by atoms with Crippen molar-refractivity contribution in [1.82, 2.24) is 0 Å². The van der Waals surface area contributed by atoms with Gasteiger partial charge < -0.3 is 0 Å². The predicted octanol–water partition coefficient (Wildman–Crippen LogP) is 4.94. The maximum absolute atomic E-state index is 2.29. The van der Waals surface area contributed by atoms with Crippen LogP contribution in [0.15, 0.2) is 55.1 Å². The molecule has 0 N–H and O–H groups in total. The first-order chi connectivity index (χ1) is 12.3. The van der Waals surface area contributed by atoms with Gasteiger partial charge in [0.25, 0.3) is 0 Å². The van der Waals surface area contributed by atoms with Gasteiger partial charge in [0.15, 0.2) is 24.8 Å². The van der Waals surface area contributed by atoms with E-state index in [0.29, 0.717) is 0 Å². The Morgan fingerprint density at radius 3 is 1.88 bits per heavy atom. The van der Waals surface area contributed by atoms with Crippen LogP contribution < -0.4 is 9.13 Å². The second kappa shape index (κ2) is 12.6. The molecule has 0 aliphatic carbocycles. The van der Waals surface area contributed by atoms with E-state index in [1.54, 1.807) is 0 Å². The van der Waals surface area contributed by atoms with E-state index in [1.165, 1.54) is 82.7 Å². The van der Waals surface area contributed by atoms with Crippen molar-refractivity contribution in [2.75, 3.05) is 0 Å². The zero-order chi connectivity index (χ0) is 17.6. The Kier molecular flexibility index (Phi) is 9.92. The standard InChI is InChI=1S/C23H36N2/c1-24-18-15-17-23(22-24)16-11-8-6-4-2-3-5-7-9-12-19-25-20-13-10-14-21-25/h10,13-15,17-18,20-22H,2-9,11-12,16,19H2,1H3/q+2. The van der Waals surface area contributed by atoms with E-state index in [9.17, 15) is 0 Å². The van der Waals surface area contributed by atoms with Crippen LogP contribution >= 0.6 is 0 Å². The molecular formula is C23H36N2+2. The molecule has 25 heavy (non-hydrogen) atoms. The molecule has 2 rings (SSSR count). The molecule has 0 amide bonds. The molecule has 0 atom stereocenters. The molecule has 2 heterocycles. The summed E-state index contributed by atoms with van der Waals surface area (Å²) >= 11 is 0. The Bertz CT molecular complexity index is 565. The van der Waals surface area contributed by atoms with Gasteiger partial charge in [-0.05, 0) is 25.3 Å². The summed E-state index contributed by atoms with van der Waals surface area (Å²) in [6.45, 7) is 1.17. The van der Waals surface area contributed by atoms with Crippen LogP contribution in [0.1, 0.15) is 69.8 Å². The van der Waals surface area contributed by atoms with Crippen molar-refractivity contribution in [3.8, 4) is 0 Å². The van der Waals surface area contributed by atoms with Crippen LogP contribution in [0.4, 0.5) is 0 Å². The van der Waals surface area contributed by atoms with Crippen LogP contribution in [-0.4, -0.2) is 0 Å². The molecule has 0 bridgehead atoms. The summed E-state index contributed by atoms with van der Waals surface area (Å²) in [5, 5.41) is 0. The Balaban J connectivity index is 1.34. The second-order valence-corrected chi connectivity index (χ2v) is 7.28. The van der Waals surface area contributed by atoms with Crippen LogP contribution in [0.25, 0.3) is 0 Å². The fourth-order valence-corrected chi connectivity index (χ4v) is 3.42. The van der Waals surface area contributed by atoms with Gasteiger partial charge in [0.05, 0.1) is 0 Å². The summed E-state index contributed by atoms with van der Waals surface area (Å²) in [7, 11) is 2.10. The van der Waals surface area contributed by atoms with Crippen molar-refractivity contribution in [3.63, 3.8) is 0 Å². The van der Waals surface area contributed by atoms with Crippen molar-refractivity contribution in [3.05, 3.63) is 60.7 Å². The maximum atomic E-state index is 2.29. The molecule has 0 unspecified atom stereocenters. The summed E-state index contributed by atoms with van der Waals surface area (Å²) in [5.74, 6) is 0. The molecule has 0 saturated heterocycles. The van der Waals surface area contributed by atoms with Gasteiger partial charge in [-0.1, -0.05) is 51.0 Å². The first kappa shape index (κ1) is 19.6. The fraction of sp³-hybridized carbons (Fsp3) is 0.565. The van der Waals surface area contributed by atoms with Crippen LogP contribution in [0.3, 0.4) is 0 Å². The summed E-state index contributed by atoms with van der Waals surface area (Å²) in [5.41, 5.74) is 1.47. The molecule has 0 saturated carbocycles. The van der Waals surface area contributed by atoms with Gasteiger partial charge >= 0.3 is 0 Å². The maximum Gasteiger partial charge on any atom is 0.171 e. The van der Waals surface area contributed by atoms with Gasteiger partial charge in [0.2, 0.25) is 0 Å². The molecule has 0 aromatic carbocycles. The zero-order valence-electron chi connectivity index (χ0n) is 16.1. The zero-order valence-corrected chi connectivity index (χ0v) is 16.1. The van der Waals surface area contributed by atoms with Crippen molar-refractivity contribution in [2.24, 2.45) is 7.05 Å². The summed E-state index contributed by atoms with van der Waals surface area (Å²) in [4.78, 5) is 0. The number of rotatable bonds is 13. The van der Waals surface area contributed by atoms with E-state index >= 15 is 0 Å². The largest absolute Gasteiger partial charge is 0.208 e. The molecule has 136 valence electrons. The number of hydrogen-bond acceptors (Lipinski definition) is 0. The van der Waals surface area contributed by atoms with E-state index < -0.39 is 0 Å². The smallest absolute Gasteiger partial charge is 0.171 e. The predicted molar refractivity (Wildman–Crippen MR) is 104 cm³/mol. The van der Waals surface area contributed by atoms with Crippen LogP contribution in [0.2, 0.25) is 0 Å². The van der Waals surface area contributed by atoms with Gasteiger partial charge in [-0.25, -0.2) is 9.13 Å². The van der Waals surface area contributed by atoms with Gasteiger partial charge in [0, 0.05) is 30.2 Å². The average Bonchev–Trinajstić information content (AvgIpc) is 2.63. The molecule has 2 heteroatoms. The number of hydrogen-bond donors (Lipinski definition) is 0. The highest BCUT2D eigenvalue weighted by Crippen LogP contribution is 2.12. The molecule has 0 spiro atoms. The van der Waals surface area contributed by atoms with E-state index in [2.05, 4.69) is 71.3 Å². The normalized spacial score (nSPS) is 10.9. The molecular weight excluding hydrogens is 304 g/mol. The third-order valence-corrected chi connectivity index (χ3v) is 4.91. The van der Waals surface area contributed by atoms with Crippen molar-refractivity contribution < 1.29 is 9.13 Å². The van der Waals surface area contributed by atoms with E-state index in [1.807, 2.05) is 0 Å². The summed E-state index contributed by atoms with van der Waals surface area (Å²) < 4.78 is 4.43. The average molecular weight is 341 g/mol. The SMILES string of the molecule is C[n+]1cccc(CCCCCCCCCCCC[n+]2ccccc2)c1. The topological polar surface area (TPSA) is 7.76 Å². The molecule has 0 aliphatic rings. The molecule has 0 fully saturated rings. The Labute approximate surface area is 154 Å². The fourth-order valence-electron chi connectivity index (χ4n) is 3.42. The number of unbranched alkanes of at least 4 members (excludes halogenated alkanes) is 9. The minimum Gasteiger partial charge on any atom is -0.208 e. The monoisotopic (exact) mass is 340 g/mol. The van der Waals surface area contributed by atoms with Gasteiger partial charge in [0.1, 0.15) is 13.6 Å². The highest BCUT2D eigenvalue weighted by atomic mass is 14.9. The van der Waals surface area contributed by atoms with Crippen LogP contribution in [-0.2, 0) is 20.0 Å². The number of nitrogens with zero attached hydrogens (tertiary/aromatic N) is 2. The quantitative estimate of drug-likeness (QED) is 0.360. The van der Waals surface area contributed by atoms with E-state index in [-0.39, 0.29) is 0 Å². The lowest BCUT2D eigenvalue weighted by atomic mass is 10.0.